The maximum absolute atomic E-state index is 12.9. The number of carbonyl (C=O) groups is 2. The zero-order valence-corrected chi connectivity index (χ0v) is 25.5. The lowest BCUT2D eigenvalue weighted by Gasteiger charge is -2.18. The molecule has 1 aliphatic rings. The third-order valence-electron chi connectivity index (χ3n) is 6.39. The van der Waals surface area contributed by atoms with E-state index in [0.717, 1.165) is 59.4 Å². The van der Waals surface area contributed by atoms with E-state index in [1.807, 2.05) is 64.6 Å². The molecule has 0 spiro atoms. The molecule has 0 aliphatic carbocycles. The molecule has 2 heterocycles. The second-order valence-electron chi connectivity index (χ2n) is 8.66. The van der Waals surface area contributed by atoms with Gasteiger partial charge in [-0.1, -0.05) is 44.2 Å². The third kappa shape index (κ3) is 10.9. The first-order valence-electron chi connectivity index (χ1n) is 12.8. The van der Waals surface area contributed by atoms with Gasteiger partial charge in [-0.05, 0) is 64.9 Å². The fourth-order valence-corrected chi connectivity index (χ4v) is 5.14. The minimum Gasteiger partial charge on any atom is -0.412 e. The van der Waals surface area contributed by atoms with Gasteiger partial charge in [0.05, 0.1) is 11.1 Å². The van der Waals surface area contributed by atoms with Crippen LogP contribution in [-0.4, -0.2) is 70.3 Å². The summed E-state index contributed by atoms with van der Waals surface area (Å²) >= 11 is 1.81. The van der Waals surface area contributed by atoms with Crippen molar-refractivity contribution in [3.05, 3.63) is 75.3 Å². The van der Waals surface area contributed by atoms with Gasteiger partial charge in [0, 0.05) is 47.3 Å². The van der Waals surface area contributed by atoms with E-state index in [1.54, 1.807) is 0 Å². The highest BCUT2D eigenvalue weighted by molar-refractivity contribution is 7.99. The van der Waals surface area contributed by atoms with Crippen molar-refractivity contribution < 1.29 is 30.0 Å². The minimum absolute atomic E-state index is 0. The lowest BCUT2D eigenvalue weighted by molar-refractivity contribution is -0.115. The third-order valence-corrected chi connectivity index (χ3v) is 7.33. The van der Waals surface area contributed by atoms with Gasteiger partial charge in [-0.2, -0.15) is 11.8 Å². The molecule has 40 heavy (non-hydrogen) atoms. The van der Waals surface area contributed by atoms with Crippen LogP contribution in [0.1, 0.15) is 61.9 Å². The van der Waals surface area contributed by atoms with Gasteiger partial charge in [-0.15, -0.1) is 0 Å². The number of aryl methyl sites for hydroxylation is 1. The standard InChI is InChI=1S/C29H42N4O2S.2FH.2H2O/c1-8-13-22(9-2)19-36-17-14-23-24(28(34)32-25(23)10-3)18-26-20(6)27(21(7)31-26)29(35)30-15-16-33(11-4)12-5;;;;/h8-10,13-14,18,31H,11-12,15-17,19H2,1-7H3,(H,30,35)(H,32,34);2*1H;2*1H2/b13-8-,22-9+,23-14-,24-18-,25-10+;;;;. The summed E-state index contributed by atoms with van der Waals surface area (Å²) in [5.41, 5.74) is 6.70. The Kier molecular flexibility index (Phi) is 21.6. The molecule has 1 aromatic heterocycles. The number of halogens is 2. The van der Waals surface area contributed by atoms with Crippen LogP contribution in [0.2, 0.25) is 0 Å². The molecule has 0 unspecified atom stereocenters. The maximum atomic E-state index is 12.9. The van der Waals surface area contributed by atoms with Crippen molar-refractivity contribution in [2.75, 3.05) is 37.7 Å². The number of likely N-dealkylation sites (N-methyl/N-ethyl adjacent to an activating group) is 1. The largest absolute Gasteiger partial charge is 0.412 e. The summed E-state index contributed by atoms with van der Waals surface area (Å²) in [4.78, 5) is 31.4. The molecule has 11 heteroatoms. The van der Waals surface area contributed by atoms with E-state index in [2.05, 4.69) is 52.6 Å². The zero-order valence-electron chi connectivity index (χ0n) is 24.7. The van der Waals surface area contributed by atoms with E-state index in [-0.39, 0.29) is 32.2 Å². The van der Waals surface area contributed by atoms with Gasteiger partial charge in [0.25, 0.3) is 11.8 Å². The van der Waals surface area contributed by atoms with Crippen LogP contribution < -0.4 is 10.6 Å². The maximum Gasteiger partial charge on any atom is 0.256 e. The topological polar surface area (TPSA) is 140 Å². The van der Waals surface area contributed by atoms with E-state index in [1.165, 1.54) is 5.57 Å². The molecule has 1 aliphatic heterocycles. The number of hydrogen-bond acceptors (Lipinski definition) is 4. The summed E-state index contributed by atoms with van der Waals surface area (Å²) in [6, 6.07) is 0. The number of thioether (sulfide) groups is 1. The van der Waals surface area contributed by atoms with Crippen molar-refractivity contribution in [1.29, 1.82) is 0 Å². The lowest BCUT2D eigenvalue weighted by Crippen LogP contribution is -2.35. The Morgan fingerprint density at radius 3 is 2.25 bits per heavy atom. The summed E-state index contributed by atoms with van der Waals surface area (Å²) in [6.45, 7) is 17.4. The first-order chi connectivity index (χ1) is 17.3. The number of nitrogens with one attached hydrogen (secondary N) is 3. The molecule has 0 atom stereocenters. The molecule has 8 nitrogen and oxygen atoms in total. The predicted octanol–water partition coefficient (Wildman–Crippen LogP) is 3.96. The molecule has 1 saturated heterocycles. The summed E-state index contributed by atoms with van der Waals surface area (Å²) in [6.07, 6.45) is 12.2. The van der Waals surface area contributed by atoms with Crippen molar-refractivity contribution >= 4 is 29.7 Å². The van der Waals surface area contributed by atoms with Crippen LogP contribution in [0.25, 0.3) is 6.08 Å². The first-order valence-corrected chi connectivity index (χ1v) is 13.9. The van der Waals surface area contributed by atoms with Gasteiger partial charge in [0.1, 0.15) is 0 Å². The fourth-order valence-electron chi connectivity index (χ4n) is 4.24. The number of carbonyl (C=O) groups excluding carboxylic acids is 2. The van der Waals surface area contributed by atoms with Crippen LogP contribution in [0.3, 0.4) is 0 Å². The summed E-state index contributed by atoms with van der Waals surface area (Å²) in [7, 11) is 0. The fraction of sp³-hybridized carbons (Fsp3) is 0.448. The molecular weight excluding hydrogens is 538 g/mol. The van der Waals surface area contributed by atoms with Crippen molar-refractivity contribution in [2.24, 2.45) is 0 Å². The molecule has 1 aromatic rings. The number of allylic oxidation sites excluding steroid dienone is 5. The van der Waals surface area contributed by atoms with E-state index in [0.29, 0.717) is 17.7 Å². The van der Waals surface area contributed by atoms with Crippen LogP contribution in [0, 0.1) is 13.8 Å². The average molecular weight is 587 g/mol. The quantitative estimate of drug-likeness (QED) is 0.194. The highest BCUT2D eigenvalue weighted by atomic mass is 32.2. The van der Waals surface area contributed by atoms with Crippen LogP contribution in [0.4, 0.5) is 9.41 Å². The SMILES string of the molecule is C/C=C\C(=C/C)CSC/C=C1C(=C/c2[nH]c(C)c(C(=O)NCCN(CC)CC)c2C)/C(=O)NC/1=C/C.F.F.O.O. The van der Waals surface area contributed by atoms with Crippen LogP contribution in [0.15, 0.2) is 52.8 Å². The number of hydrogen-bond donors (Lipinski definition) is 3. The number of H-pyrrole nitrogens is 1. The molecule has 0 radical (unpaired) electrons. The minimum atomic E-state index is -0.126. The van der Waals surface area contributed by atoms with Gasteiger partial charge in [0.2, 0.25) is 0 Å². The smallest absolute Gasteiger partial charge is 0.256 e. The van der Waals surface area contributed by atoms with Gasteiger partial charge in [-0.25, -0.2) is 0 Å². The monoisotopic (exact) mass is 586 g/mol. The van der Waals surface area contributed by atoms with Gasteiger partial charge >= 0.3 is 0 Å². The van der Waals surface area contributed by atoms with Gasteiger partial charge in [0.15, 0.2) is 0 Å². The van der Waals surface area contributed by atoms with Crippen molar-refractivity contribution in [3.63, 3.8) is 0 Å². The predicted molar refractivity (Wildman–Crippen MR) is 166 cm³/mol. The average Bonchev–Trinajstić information content (AvgIpc) is 3.32. The second kappa shape index (κ2) is 20.8. The number of nitrogens with zero attached hydrogens (tertiary/aromatic N) is 1. The van der Waals surface area contributed by atoms with E-state index in [9.17, 15) is 9.59 Å². The van der Waals surface area contributed by atoms with Crippen molar-refractivity contribution in [2.45, 2.75) is 48.5 Å². The summed E-state index contributed by atoms with van der Waals surface area (Å²) in [5, 5.41) is 6.02. The Labute approximate surface area is 241 Å². The molecule has 0 saturated carbocycles. The Hall–Kier alpha value is -2.99. The van der Waals surface area contributed by atoms with E-state index < -0.39 is 0 Å². The Morgan fingerprint density at radius 2 is 1.70 bits per heavy atom. The number of aromatic amines is 1. The highest BCUT2D eigenvalue weighted by Crippen LogP contribution is 2.30. The van der Waals surface area contributed by atoms with Crippen LogP contribution in [-0.2, 0) is 4.79 Å². The van der Waals surface area contributed by atoms with Crippen molar-refractivity contribution in [1.82, 2.24) is 20.5 Å². The molecule has 1 fully saturated rings. The van der Waals surface area contributed by atoms with Gasteiger partial charge in [-0.3, -0.25) is 19.0 Å². The Morgan fingerprint density at radius 1 is 1.05 bits per heavy atom. The molecule has 2 amide bonds. The Bertz CT molecular complexity index is 1100. The molecular formula is C29H48F2N4O4S. The normalized spacial score (nSPS) is 16.1. The molecule has 7 N–H and O–H groups in total. The number of amides is 2. The van der Waals surface area contributed by atoms with E-state index in [4.69, 9.17) is 0 Å². The van der Waals surface area contributed by atoms with Crippen molar-refractivity contribution in [3.8, 4) is 0 Å². The molecule has 0 bridgehead atoms. The van der Waals surface area contributed by atoms with E-state index >= 15 is 0 Å². The second-order valence-corrected chi connectivity index (χ2v) is 9.69. The molecule has 2 rings (SSSR count). The Balaban J connectivity index is -0.00000342. The summed E-state index contributed by atoms with van der Waals surface area (Å²) < 4.78 is 0. The molecule has 0 aromatic carbocycles. The lowest BCUT2D eigenvalue weighted by atomic mass is 10.0. The highest BCUT2D eigenvalue weighted by Gasteiger charge is 2.27. The number of rotatable bonds is 12. The number of aromatic nitrogens is 1. The zero-order chi connectivity index (χ0) is 26.7. The molecule has 228 valence electrons. The summed E-state index contributed by atoms with van der Waals surface area (Å²) in [5.74, 6) is 1.49. The van der Waals surface area contributed by atoms with Crippen LogP contribution >= 0.6 is 11.8 Å². The van der Waals surface area contributed by atoms with Crippen LogP contribution in [0.5, 0.6) is 0 Å². The van der Waals surface area contributed by atoms with Gasteiger partial charge < -0.3 is 31.5 Å². The first kappa shape index (κ1) is 41.5.